The molecule has 2 fully saturated rings. The molecule has 1 saturated heterocycles. The average Bonchev–Trinajstić information content (AvgIpc) is 3.12. The number of hydrogen-bond acceptors (Lipinski definition) is 3. The highest BCUT2D eigenvalue weighted by Gasteiger charge is 2.41. The fourth-order valence-corrected chi connectivity index (χ4v) is 4.39. The van der Waals surface area contributed by atoms with E-state index in [4.69, 9.17) is 5.11 Å². The van der Waals surface area contributed by atoms with Crippen molar-refractivity contribution in [3.63, 3.8) is 0 Å². The summed E-state index contributed by atoms with van der Waals surface area (Å²) in [5.74, 6) is -1.02. The zero-order valence-corrected chi connectivity index (χ0v) is 12.3. The van der Waals surface area contributed by atoms with E-state index in [1.54, 1.807) is 14.0 Å². The number of carboxylic acid groups (broad SMARTS) is 1. The van der Waals surface area contributed by atoms with E-state index in [-0.39, 0.29) is 0 Å². The third kappa shape index (κ3) is 3.09. The van der Waals surface area contributed by atoms with Crippen LogP contribution in [0, 0.1) is 11.8 Å². The highest BCUT2D eigenvalue weighted by Crippen LogP contribution is 2.32. The van der Waals surface area contributed by atoms with Gasteiger partial charge in [-0.15, -0.1) is 0 Å². The first-order valence-electron chi connectivity index (χ1n) is 6.80. The van der Waals surface area contributed by atoms with Crippen molar-refractivity contribution in [1.82, 2.24) is 8.61 Å². The van der Waals surface area contributed by atoms with Crippen molar-refractivity contribution < 1.29 is 18.3 Å². The number of rotatable bonds is 5. The maximum Gasteiger partial charge on any atom is 0.308 e. The van der Waals surface area contributed by atoms with E-state index in [0.29, 0.717) is 31.8 Å². The Balaban J connectivity index is 2.11. The van der Waals surface area contributed by atoms with Crippen molar-refractivity contribution in [3.8, 4) is 0 Å². The van der Waals surface area contributed by atoms with Crippen molar-refractivity contribution in [1.29, 1.82) is 0 Å². The SMILES string of the molecule is C[C@@H]1[C@H](C(=O)O)CCCN1S(=O)(=O)N(C)CC1CC1. The second kappa shape index (κ2) is 5.38. The van der Waals surface area contributed by atoms with Gasteiger partial charge in [-0.3, -0.25) is 4.79 Å². The van der Waals surface area contributed by atoms with Crippen molar-refractivity contribution in [3.05, 3.63) is 0 Å². The molecule has 2 atom stereocenters. The van der Waals surface area contributed by atoms with Crippen LogP contribution in [0.4, 0.5) is 0 Å². The molecule has 1 N–H and O–H groups in total. The number of carboxylic acids is 1. The molecule has 2 rings (SSSR count). The molecular formula is C12H22N2O4S. The highest BCUT2D eigenvalue weighted by atomic mass is 32.2. The fraction of sp³-hybridized carbons (Fsp3) is 0.917. The minimum Gasteiger partial charge on any atom is -0.481 e. The van der Waals surface area contributed by atoms with E-state index in [9.17, 15) is 13.2 Å². The van der Waals surface area contributed by atoms with Crippen molar-refractivity contribution in [2.45, 2.75) is 38.6 Å². The van der Waals surface area contributed by atoms with Crippen LogP contribution in [-0.4, -0.2) is 54.3 Å². The van der Waals surface area contributed by atoms with Gasteiger partial charge in [0.05, 0.1) is 5.92 Å². The van der Waals surface area contributed by atoms with Crippen LogP contribution >= 0.6 is 0 Å². The Morgan fingerprint density at radius 1 is 1.37 bits per heavy atom. The average molecular weight is 290 g/mol. The van der Waals surface area contributed by atoms with Crippen molar-refractivity contribution in [2.75, 3.05) is 20.1 Å². The van der Waals surface area contributed by atoms with E-state index >= 15 is 0 Å². The second-order valence-corrected chi connectivity index (χ2v) is 7.66. The lowest BCUT2D eigenvalue weighted by Crippen LogP contribution is -2.53. The Bertz CT molecular complexity index is 447. The van der Waals surface area contributed by atoms with Gasteiger partial charge in [-0.25, -0.2) is 0 Å². The summed E-state index contributed by atoms with van der Waals surface area (Å²) in [7, 11) is -1.94. The maximum atomic E-state index is 12.5. The molecule has 7 heteroatoms. The lowest BCUT2D eigenvalue weighted by molar-refractivity contribution is -0.144. The molecule has 19 heavy (non-hydrogen) atoms. The Morgan fingerprint density at radius 2 is 2.00 bits per heavy atom. The molecule has 0 aromatic carbocycles. The standard InChI is InChI=1S/C12H22N2O4S/c1-9-11(12(15)16)4-3-7-14(9)19(17,18)13(2)8-10-5-6-10/h9-11H,3-8H2,1-2H3,(H,15,16)/t9-,11-/m1/s1. The van der Waals surface area contributed by atoms with Gasteiger partial charge < -0.3 is 5.11 Å². The van der Waals surface area contributed by atoms with E-state index in [2.05, 4.69) is 0 Å². The fourth-order valence-electron chi connectivity index (χ4n) is 2.71. The number of carbonyl (C=O) groups is 1. The predicted octanol–water partition coefficient (Wildman–Crippen LogP) is 0.758. The summed E-state index contributed by atoms with van der Waals surface area (Å²) in [5.41, 5.74) is 0. The summed E-state index contributed by atoms with van der Waals surface area (Å²) in [6, 6.07) is -0.474. The smallest absolute Gasteiger partial charge is 0.308 e. The Kier molecular flexibility index (Phi) is 4.17. The molecule has 0 aromatic rings. The van der Waals surface area contributed by atoms with Gasteiger partial charge in [-0.1, -0.05) is 0 Å². The topological polar surface area (TPSA) is 77.9 Å². The quantitative estimate of drug-likeness (QED) is 0.811. The maximum absolute atomic E-state index is 12.5. The van der Waals surface area contributed by atoms with Crippen LogP contribution in [-0.2, 0) is 15.0 Å². The first-order chi connectivity index (χ1) is 8.84. The molecule has 1 aliphatic carbocycles. The molecule has 0 radical (unpaired) electrons. The molecular weight excluding hydrogens is 268 g/mol. The number of nitrogens with zero attached hydrogens (tertiary/aromatic N) is 2. The molecule has 0 amide bonds. The van der Waals surface area contributed by atoms with Gasteiger partial charge >= 0.3 is 5.97 Å². The molecule has 110 valence electrons. The van der Waals surface area contributed by atoms with E-state index in [1.165, 1.54) is 8.61 Å². The van der Waals surface area contributed by atoms with Gasteiger partial charge in [0.25, 0.3) is 10.2 Å². The summed E-state index contributed by atoms with van der Waals surface area (Å²) >= 11 is 0. The van der Waals surface area contributed by atoms with Gasteiger partial charge in [0.2, 0.25) is 0 Å². The van der Waals surface area contributed by atoms with E-state index < -0.39 is 28.1 Å². The summed E-state index contributed by atoms with van der Waals surface area (Å²) in [6.07, 6.45) is 3.34. The monoisotopic (exact) mass is 290 g/mol. The largest absolute Gasteiger partial charge is 0.481 e. The van der Waals surface area contributed by atoms with Crippen LogP contribution in [0.15, 0.2) is 0 Å². The van der Waals surface area contributed by atoms with Gasteiger partial charge in [0.1, 0.15) is 0 Å². The minimum absolute atomic E-state index is 0.419. The normalized spacial score (nSPS) is 29.6. The zero-order valence-electron chi connectivity index (χ0n) is 11.4. The van der Waals surface area contributed by atoms with Gasteiger partial charge in [0, 0.05) is 26.2 Å². The molecule has 6 nitrogen and oxygen atoms in total. The Hall–Kier alpha value is -0.660. The van der Waals surface area contributed by atoms with E-state index in [0.717, 1.165) is 12.8 Å². The lowest BCUT2D eigenvalue weighted by atomic mass is 9.92. The molecule has 1 heterocycles. The summed E-state index contributed by atoms with van der Waals surface area (Å²) in [6.45, 7) is 2.66. The highest BCUT2D eigenvalue weighted by molar-refractivity contribution is 7.86. The van der Waals surface area contributed by atoms with Crippen LogP contribution in [0.25, 0.3) is 0 Å². The second-order valence-electron chi connectivity index (χ2n) is 5.67. The number of aliphatic carboxylic acids is 1. The molecule has 1 saturated carbocycles. The number of piperidine rings is 1. The number of hydrogen-bond donors (Lipinski definition) is 1. The van der Waals surface area contributed by atoms with Crippen LogP contribution in [0.3, 0.4) is 0 Å². The van der Waals surface area contributed by atoms with Crippen molar-refractivity contribution in [2.24, 2.45) is 11.8 Å². The van der Waals surface area contributed by atoms with Gasteiger partial charge in [-0.2, -0.15) is 17.0 Å². The predicted molar refractivity (Wildman–Crippen MR) is 70.8 cm³/mol. The van der Waals surface area contributed by atoms with Crippen LogP contribution in [0.1, 0.15) is 32.6 Å². The summed E-state index contributed by atoms with van der Waals surface area (Å²) in [4.78, 5) is 11.2. The third-order valence-corrected chi connectivity index (χ3v) is 6.19. The summed E-state index contributed by atoms with van der Waals surface area (Å²) in [5, 5.41) is 9.15. The third-order valence-electron chi connectivity index (χ3n) is 4.15. The molecule has 0 spiro atoms. The first-order valence-corrected chi connectivity index (χ1v) is 8.19. The van der Waals surface area contributed by atoms with Gasteiger partial charge in [0.15, 0.2) is 0 Å². The zero-order chi connectivity index (χ0) is 14.2. The molecule has 0 bridgehead atoms. The minimum atomic E-state index is -3.53. The Labute approximate surface area is 114 Å². The molecule has 2 aliphatic rings. The first kappa shape index (κ1) is 14.7. The van der Waals surface area contributed by atoms with E-state index in [1.807, 2.05) is 0 Å². The van der Waals surface area contributed by atoms with Gasteiger partial charge in [-0.05, 0) is 38.5 Å². The van der Waals surface area contributed by atoms with Crippen LogP contribution in [0.5, 0.6) is 0 Å². The van der Waals surface area contributed by atoms with Crippen LogP contribution in [0.2, 0.25) is 0 Å². The lowest BCUT2D eigenvalue weighted by Gasteiger charge is -2.38. The molecule has 0 aromatic heterocycles. The molecule has 1 aliphatic heterocycles. The Morgan fingerprint density at radius 3 is 2.53 bits per heavy atom. The summed E-state index contributed by atoms with van der Waals surface area (Å²) < 4.78 is 27.7. The van der Waals surface area contributed by atoms with Crippen molar-refractivity contribution >= 4 is 16.2 Å². The van der Waals surface area contributed by atoms with Crippen LogP contribution < -0.4 is 0 Å². The molecule has 0 unspecified atom stereocenters.